The molecule has 1 atom stereocenters. The minimum absolute atomic E-state index is 0.000810. The first-order valence-electron chi connectivity index (χ1n) is 6.69. The molecule has 0 amide bonds. The topological polar surface area (TPSA) is 57.5 Å². The van der Waals surface area contributed by atoms with Gasteiger partial charge in [0, 0.05) is 5.92 Å². The minimum Gasteiger partial charge on any atom is -0.508 e. The van der Waals surface area contributed by atoms with E-state index in [0.717, 1.165) is 17.5 Å². The highest BCUT2D eigenvalue weighted by Crippen LogP contribution is 2.29. The first kappa shape index (κ1) is 14.1. The predicted octanol–water partition coefficient (Wildman–Crippen LogP) is 3.99. The zero-order valence-electron chi connectivity index (χ0n) is 11.6. The van der Waals surface area contributed by atoms with E-state index in [1.54, 1.807) is 36.4 Å². The molecule has 104 valence electrons. The van der Waals surface area contributed by atoms with Crippen molar-refractivity contribution in [1.82, 2.24) is 0 Å². The lowest BCUT2D eigenvalue weighted by atomic mass is 9.94. The molecule has 0 fully saturated rings. The van der Waals surface area contributed by atoms with Crippen molar-refractivity contribution in [2.75, 3.05) is 0 Å². The smallest absolute Gasteiger partial charge is 0.169 e. The molecule has 2 N–H and O–H groups in total. The standard InChI is InChI=1S/C17H18O3/c1-3-11(2)17(20)15-9-6-13(10-16(15)19)12-4-7-14(18)8-5-12/h4-11,18-19H,3H2,1-2H3. The number of ketones is 1. The fraction of sp³-hybridized carbons (Fsp3) is 0.235. The van der Waals surface area contributed by atoms with Gasteiger partial charge in [-0.15, -0.1) is 0 Å². The molecular formula is C17H18O3. The van der Waals surface area contributed by atoms with Gasteiger partial charge in [0.15, 0.2) is 5.78 Å². The monoisotopic (exact) mass is 270 g/mol. The normalized spacial score (nSPS) is 12.1. The summed E-state index contributed by atoms with van der Waals surface area (Å²) in [7, 11) is 0. The Hall–Kier alpha value is -2.29. The quantitative estimate of drug-likeness (QED) is 0.826. The molecule has 0 aliphatic rings. The van der Waals surface area contributed by atoms with Crippen molar-refractivity contribution in [3.05, 3.63) is 48.0 Å². The second-order valence-electron chi connectivity index (χ2n) is 4.95. The summed E-state index contributed by atoms with van der Waals surface area (Å²) in [5, 5.41) is 19.3. The number of rotatable bonds is 4. The van der Waals surface area contributed by atoms with Crippen molar-refractivity contribution in [2.45, 2.75) is 20.3 Å². The van der Waals surface area contributed by atoms with Gasteiger partial charge >= 0.3 is 0 Å². The maximum Gasteiger partial charge on any atom is 0.169 e. The number of carbonyl (C=O) groups is 1. The molecule has 2 aromatic carbocycles. The van der Waals surface area contributed by atoms with Gasteiger partial charge in [-0.25, -0.2) is 0 Å². The molecule has 0 radical (unpaired) electrons. The van der Waals surface area contributed by atoms with Crippen LogP contribution in [0.3, 0.4) is 0 Å². The van der Waals surface area contributed by atoms with Gasteiger partial charge < -0.3 is 10.2 Å². The van der Waals surface area contributed by atoms with Crippen LogP contribution in [0.2, 0.25) is 0 Å². The first-order chi connectivity index (χ1) is 9.52. The summed E-state index contributed by atoms with van der Waals surface area (Å²) in [5.41, 5.74) is 2.05. The predicted molar refractivity (Wildman–Crippen MR) is 79.0 cm³/mol. The Balaban J connectivity index is 2.35. The highest BCUT2D eigenvalue weighted by Gasteiger charge is 2.17. The molecule has 0 spiro atoms. The van der Waals surface area contributed by atoms with E-state index >= 15 is 0 Å². The van der Waals surface area contributed by atoms with Crippen molar-refractivity contribution < 1.29 is 15.0 Å². The van der Waals surface area contributed by atoms with Crippen LogP contribution in [-0.4, -0.2) is 16.0 Å². The fourth-order valence-corrected chi connectivity index (χ4v) is 2.02. The van der Waals surface area contributed by atoms with Crippen LogP contribution in [0.4, 0.5) is 0 Å². The third-order valence-electron chi connectivity index (χ3n) is 3.52. The van der Waals surface area contributed by atoms with Gasteiger partial charge in [-0.3, -0.25) is 4.79 Å². The summed E-state index contributed by atoms with van der Waals surface area (Å²) in [4.78, 5) is 12.1. The number of phenols is 2. The Morgan fingerprint density at radius 1 is 1.05 bits per heavy atom. The molecule has 0 aliphatic heterocycles. The van der Waals surface area contributed by atoms with Gasteiger partial charge in [-0.2, -0.15) is 0 Å². The van der Waals surface area contributed by atoms with E-state index in [9.17, 15) is 15.0 Å². The van der Waals surface area contributed by atoms with Crippen LogP contribution in [-0.2, 0) is 0 Å². The molecule has 0 aromatic heterocycles. The van der Waals surface area contributed by atoms with Crippen molar-refractivity contribution in [2.24, 2.45) is 5.92 Å². The number of Topliss-reactive ketones (excluding diaryl/α,β-unsaturated/α-hetero) is 1. The second-order valence-corrected chi connectivity index (χ2v) is 4.95. The third kappa shape index (κ3) is 2.82. The van der Waals surface area contributed by atoms with E-state index in [-0.39, 0.29) is 23.2 Å². The summed E-state index contributed by atoms with van der Waals surface area (Å²) in [6, 6.07) is 11.8. The maximum atomic E-state index is 12.1. The van der Waals surface area contributed by atoms with Gasteiger partial charge in [0.25, 0.3) is 0 Å². The minimum atomic E-state index is -0.0968. The van der Waals surface area contributed by atoms with Crippen molar-refractivity contribution in [3.63, 3.8) is 0 Å². The highest BCUT2D eigenvalue weighted by atomic mass is 16.3. The number of phenolic OH excluding ortho intramolecular Hbond substituents is 2. The summed E-state index contributed by atoms with van der Waals surface area (Å²) in [5.74, 6) is 0.0603. The van der Waals surface area contributed by atoms with Crippen molar-refractivity contribution in [3.8, 4) is 22.6 Å². The molecule has 0 saturated carbocycles. The van der Waals surface area contributed by atoms with Crippen LogP contribution < -0.4 is 0 Å². The molecule has 0 bridgehead atoms. The van der Waals surface area contributed by atoms with Crippen LogP contribution in [0.25, 0.3) is 11.1 Å². The largest absolute Gasteiger partial charge is 0.508 e. The Morgan fingerprint density at radius 3 is 2.20 bits per heavy atom. The van der Waals surface area contributed by atoms with Crippen molar-refractivity contribution in [1.29, 1.82) is 0 Å². The number of benzene rings is 2. The number of aromatic hydroxyl groups is 2. The van der Waals surface area contributed by atoms with E-state index in [0.29, 0.717) is 5.56 Å². The van der Waals surface area contributed by atoms with Crippen LogP contribution in [0.15, 0.2) is 42.5 Å². The van der Waals surface area contributed by atoms with Crippen LogP contribution >= 0.6 is 0 Å². The number of hydrogen-bond acceptors (Lipinski definition) is 3. The zero-order chi connectivity index (χ0) is 14.7. The Bertz CT molecular complexity index is 615. The summed E-state index contributed by atoms with van der Waals surface area (Å²) < 4.78 is 0. The van der Waals surface area contributed by atoms with E-state index < -0.39 is 0 Å². The SMILES string of the molecule is CCC(C)C(=O)c1ccc(-c2ccc(O)cc2)cc1O. The van der Waals surface area contributed by atoms with E-state index in [4.69, 9.17) is 0 Å². The van der Waals surface area contributed by atoms with E-state index in [2.05, 4.69) is 0 Å². The maximum absolute atomic E-state index is 12.1. The Kier molecular flexibility index (Phi) is 4.08. The zero-order valence-corrected chi connectivity index (χ0v) is 11.6. The molecule has 20 heavy (non-hydrogen) atoms. The summed E-state index contributed by atoms with van der Waals surface area (Å²) >= 11 is 0. The third-order valence-corrected chi connectivity index (χ3v) is 3.52. The lowest BCUT2D eigenvalue weighted by molar-refractivity contribution is 0.0924. The van der Waals surface area contributed by atoms with E-state index in [1.165, 1.54) is 0 Å². The molecule has 2 aromatic rings. The molecule has 1 unspecified atom stereocenters. The summed E-state index contributed by atoms with van der Waals surface area (Å²) in [6.07, 6.45) is 0.748. The Morgan fingerprint density at radius 2 is 1.65 bits per heavy atom. The average Bonchev–Trinajstić information content (AvgIpc) is 2.46. The molecule has 2 rings (SSSR count). The van der Waals surface area contributed by atoms with Gasteiger partial charge in [0.05, 0.1) is 5.56 Å². The Labute approximate surface area is 118 Å². The number of hydrogen-bond donors (Lipinski definition) is 2. The lowest BCUT2D eigenvalue weighted by Crippen LogP contribution is -2.10. The molecule has 3 heteroatoms. The van der Waals surface area contributed by atoms with Crippen molar-refractivity contribution >= 4 is 5.78 Å². The molecule has 3 nitrogen and oxygen atoms in total. The molecule has 0 aliphatic carbocycles. The number of carbonyl (C=O) groups excluding carboxylic acids is 1. The van der Waals surface area contributed by atoms with Gasteiger partial charge in [0.1, 0.15) is 11.5 Å². The molecular weight excluding hydrogens is 252 g/mol. The van der Waals surface area contributed by atoms with E-state index in [1.807, 2.05) is 19.9 Å². The molecule has 0 heterocycles. The second kappa shape index (κ2) is 5.78. The van der Waals surface area contributed by atoms with Crippen LogP contribution in [0.1, 0.15) is 30.6 Å². The van der Waals surface area contributed by atoms with Gasteiger partial charge in [-0.1, -0.05) is 32.0 Å². The average molecular weight is 270 g/mol. The lowest BCUT2D eigenvalue weighted by Gasteiger charge is -2.10. The fourth-order valence-electron chi connectivity index (χ4n) is 2.02. The van der Waals surface area contributed by atoms with Crippen LogP contribution in [0, 0.1) is 5.92 Å². The van der Waals surface area contributed by atoms with Gasteiger partial charge in [0.2, 0.25) is 0 Å². The highest BCUT2D eigenvalue weighted by molar-refractivity contribution is 6.00. The van der Waals surface area contributed by atoms with Gasteiger partial charge in [-0.05, 0) is 41.8 Å². The van der Waals surface area contributed by atoms with Crippen LogP contribution in [0.5, 0.6) is 11.5 Å². The molecule has 0 saturated heterocycles. The first-order valence-corrected chi connectivity index (χ1v) is 6.69. The summed E-state index contributed by atoms with van der Waals surface area (Å²) in [6.45, 7) is 3.81.